The number of hydrogen-bond donors (Lipinski definition) is 1. The summed E-state index contributed by atoms with van der Waals surface area (Å²) < 4.78 is 0. The van der Waals surface area contributed by atoms with Crippen molar-refractivity contribution in [2.75, 3.05) is 26.2 Å². The molecular weight excluding hydrogens is 506 g/mol. The number of piperidine rings is 2. The molecule has 3 aliphatic rings. The Balaban J connectivity index is 1.01. The summed E-state index contributed by atoms with van der Waals surface area (Å²) in [7, 11) is 0. The molecule has 0 radical (unpaired) electrons. The van der Waals surface area contributed by atoms with Crippen molar-refractivity contribution in [3.05, 3.63) is 95.6 Å². The van der Waals surface area contributed by atoms with Crippen molar-refractivity contribution in [3.8, 4) is 0 Å². The summed E-state index contributed by atoms with van der Waals surface area (Å²) in [5, 5.41) is 7.70. The first-order valence-electron chi connectivity index (χ1n) is 15.5. The fourth-order valence-corrected chi connectivity index (χ4v) is 7.58. The van der Waals surface area contributed by atoms with E-state index in [2.05, 4.69) is 69.7 Å². The Bertz CT molecular complexity index is 1530. The summed E-state index contributed by atoms with van der Waals surface area (Å²) in [6, 6.07) is 27.8. The lowest BCUT2D eigenvalue weighted by Gasteiger charge is -2.42. The Hall–Kier alpha value is -3.70. The maximum absolute atomic E-state index is 14.0. The van der Waals surface area contributed by atoms with Crippen LogP contribution in [0.2, 0.25) is 0 Å². The third-order valence-corrected chi connectivity index (χ3v) is 9.76. The molecule has 0 aromatic heterocycles. The van der Waals surface area contributed by atoms with Gasteiger partial charge in [-0.2, -0.15) is 0 Å². The molecule has 4 aromatic carbocycles. The molecule has 2 saturated heterocycles. The first kappa shape index (κ1) is 26.2. The molecule has 210 valence electrons. The van der Waals surface area contributed by atoms with E-state index in [9.17, 15) is 9.59 Å². The maximum atomic E-state index is 14.0. The molecule has 2 amide bonds. The fraction of sp³-hybridized carbons (Fsp3) is 0.389. The Kier molecular flexibility index (Phi) is 7.22. The molecular formula is C36H39N3O2. The Morgan fingerprint density at radius 3 is 2.17 bits per heavy atom. The molecule has 2 unspecified atom stereocenters. The Labute approximate surface area is 242 Å². The van der Waals surface area contributed by atoms with Crippen LogP contribution in [0, 0.1) is 5.92 Å². The molecule has 2 heterocycles. The standard InChI is InChI=1S/C36H39N3O2/c40-35(37-33-17-7-12-25-9-1-4-14-30(25)33)28-13-8-20-39(24-28)29-18-21-38(22-19-29)36(41)34-31-15-5-2-10-26(31)23-27-11-3-6-16-32(27)34/h1-6,9-11,14-16,23,28-29,33H,7-8,12-13,17-22,24H2,(H,37,40). The minimum absolute atomic E-state index is 0.0412. The zero-order valence-corrected chi connectivity index (χ0v) is 23.7. The van der Waals surface area contributed by atoms with Crippen molar-refractivity contribution in [3.63, 3.8) is 0 Å². The predicted octanol–water partition coefficient (Wildman–Crippen LogP) is 6.50. The molecule has 0 saturated carbocycles. The van der Waals surface area contributed by atoms with E-state index >= 15 is 0 Å². The van der Waals surface area contributed by atoms with E-state index in [1.54, 1.807) is 0 Å². The first-order chi connectivity index (χ1) is 20.2. The second-order valence-electron chi connectivity index (χ2n) is 12.2. The summed E-state index contributed by atoms with van der Waals surface area (Å²) >= 11 is 0. The Morgan fingerprint density at radius 1 is 0.732 bits per heavy atom. The van der Waals surface area contributed by atoms with E-state index in [0.717, 1.165) is 98.2 Å². The van der Waals surface area contributed by atoms with Gasteiger partial charge >= 0.3 is 0 Å². The minimum atomic E-state index is 0.0412. The van der Waals surface area contributed by atoms with E-state index in [-0.39, 0.29) is 23.8 Å². The number of likely N-dealkylation sites (tertiary alicyclic amines) is 2. The van der Waals surface area contributed by atoms with Crippen molar-refractivity contribution >= 4 is 33.4 Å². The van der Waals surface area contributed by atoms with Gasteiger partial charge in [-0.15, -0.1) is 0 Å². The van der Waals surface area contributed by atoms with Crippen molar-refractivity contribution in [2.45, 2.75) is 57.0 Å². The van der Waals surface area contributed by atoms with Crippen molar-refractivity contribution in [1.29, 1.82) is 0 Å². The summed E-state index contributed by atoms with van der Waals surface area (Å²) in [4.78, 5) is 32.0. The van der Waals surface area contributed by atoms with E-state index in [1.165, 1.54) is 11.1 Å². The summed E-state index contributed by atoms with van der Waals surface area (Å²) in [6.45, 7) is 3.38. The van der Waals surface area contributed by atoms with Gasteiger partial charge in [0.25, 0.3) is 5.91 Å². The molecule has 2 fully saturated rings. The highest BCUT2D eigenvalue weighted by atomic mass is 16.2. The third kappa shape index (κ3) is 5.12. The van der Waals surface area contributed by atoms with Gasteiger partial charge < -0.3 is 10.2 Å². The summed E-state index contributed by atoms with van der Waals surface area (Å²) in [5.74, 6) is 0.395. The number of nitrogens with zero attached hydrogens (tertiary/aromatic N) is 2. The number of rotatable bonds is 4. The monoisotopic (exact) mass is 545 g/mol. The van der Waals surface area contributed by atoms with Crippen LogP contribution >= 0.6 is 0 Å². The number of hydrogen-bond acceptors (Lipinski definition) is 3. The van der Waals surface area contributed by atoms with Crippen LogP contribution in [0.25, 0.3) is 21.5 Å². The molecule has 1 N–H and O–H groups in total. The average Bonchev–Trinajstić information content (AvgIpc) is 3.03. The zero-order valence-electron chi connectivity index (χ0n) is 23.7. The van der Waals surface area contributed by atoms with Gasteiger partial charge in [0.05, 0.1) is 17.5 Å². The molecule has 41 heavy (non-hydrogen) atoms. The predicted molar refractivity (Wildman–Crippen MR) is 165 cm³/mol. The number of aryl methyl sites for hydroxylation is 1. The van der Waals surface area contributed by atoms with E-state index in [0.29, 0.717) is 6.04 Å². The number of fused-ring (bicyclic) bond motifs is 3. The van der Waals surface area contributed by atoms with Gasteiger partial charge in [-0.1, -0.05) is 72.8 Å². The molecule has 0 spiro atoms. The lowest BCUT2D eigenvalue weighted by molar-refractivity contribution is -0.128. The van der Waals surface area contributed by atoms with Crippen LogP contribution in [0.5, 0.6) is 0 Å². The SMILES string of the molecule is O=C(NC1CCCc2ccccc21)C1CCCN(C2CCN(C(=O)c3c4ccccc4cc4ccccc34)CC2)C1. The number of carbonyl (C=O) groups excluding carboxylic acids is 2. The highest BCUT2D eigenvalue weighted by Crippen LogP contribution is 2.33. The molecule has 7 rings (SSSR count). The van der Waals surface area contributed by atoms with Gasteiger partial charge in [0, 0.05) is 25.7 Å². The van der Waals surface area contributed by atoms with E-state index in [4.69, 9.17) is 0 Å². The van der Waals surface area contributed by atoms with Crippen LogP contribution in [0.15, 0.2) is 78.9 Å². The summed E-state index contributed by atoms with van der Waals surface area (Å²) in [5.41, 5.74) is 3.51. The largest absolute Gasteiger partial charge is 0.349 e. The minimum Gasteiger partial charge on any atom is -0.349 e. The lowest BCUT2D eigenvalue weighted by atomic mass is 9.87. The second kappa shape index (κ2) is 11.3. The van der Waals surface area contributed by atoms with Gasteiger partial charge in [-0.25, -0.2) is 0 Å². The number of amides is 2. The molecule has 2 aliphatic heterocycles. The second-order valence-corrected chi connectivity index (χ2v) is 12.2. The van der Waals surface area contributed by atoms with Crippen molar-refractivity contribution in [1.82, 2.24) is 15.1 Å². The molecule has 4 aromatic rings. The van der Waals surface area contributed by atoms with Crippen LogP contribution in [0.4, 0.5) is 0 Å². The summed E-state index contributed by atoms with van der Waals surface area (Å²) in [6.07, 6.45) is 7.19. The molecule has 5 nitrogen and oxygen atoms in total. The van der Waals surface area contributed by atoms with Crippen LogP contribution in [-0.4, -0.2) is 53.8 Å². The number of nitrogens with one attached hydrogen (secondary N) is 1. The average molecular weight is 546 g/mol. The van der Waals surface area contributed by atoms with Crippen LogP contribution in [0.3, 0.4) is 0 Å². The lowest BCUT2D eigenvalue weighted by Crippen LogP contribution is -2.51. The molecule has 0 bridgehead atoms. The normalized spacial score (nSPS) is 22.0. The molecule has 1 aliphatic carbocycles. The van der Waals surface area contributed by atoms with Gasteiger partial charge in [-0.05, 0) is 90.2 Å². The van der Waals surface area contributed by atoms with Gasteiger partial charge in [0.1, 0.15) is 0 Å². The fourth-order valence-electron chi connectivity index (χ4n) is 7.58. The molecule has 2 atom stereocenters. The van der Waals surface area contributed by atoms with Gasteiger partial charge in [0.2, 0.25) is 5.91 Å². The topological polar surface area (TPSA) is 52.7 Å². The van der Waals surface area contributed by atoms with Gasteiger partial charge in [-0.3, -0.25) is 14.5 Å². The maximum Gasteiger partial charge on any atom is 0.255 e. The number of carbonyl (C=O) groups is 2. The van der Waals surface area contributed by atoms with E-state index in [1.807, 2.05) is 24.3 Å². The zero-order chi connectivity index (χ0) is 27.8. The van der Waals surface area contributed by atoms with Crippen LogP contribution in [-0.2, 0) is 11.2 Å². The highest BCUT2D eigenvalue weighted by Gasteiger charge is 2.34. The van der Waals surface area contributed by atoms with Crippen molar-refractivity contribution < 1.29 is 9.59 Å². The van der Waals surface area contributed by atoms with Crippen molar-refractivity contribution in [2.24, 2.45) is 5.92 Å². The van der Waals surface area contributed by atoms with E-state index < -0.39 is 0 Å². The quantitative estimate of drug-likeness (QED) is 0.298. The molecule has 5 heteroatoms. The van der Waals surface area contributed by atoms with Crippen LogP contribution in [0.1, 0.15) is 66.1 Å². The smallest absolute Gasteiger partial charge is 0.255 e. The van der Waals surface area contributed by atoms with Gasteiger partial charge in [0.15, 0.2) is 0 Å². The first-order valence-corrected chi connectivity index (χ1v) is 15.5. The number of benzene rings is 4. The van der Waals surface area contributed by atoms with Crippen LogP contribution < -0.4 is 5.32 Å². The highest BCUT2D eigenvalue weighted by molar-refractivity contribution is 6.18. The Morgan fingerprint density at radius 2 is 1.41 bits per heavy atom. The third-order valence-electron chi connectivity index (χ3n) is 9.76.